The highest BCUT2D eigenvalue weighted by molar-refractivity contribution is 7.12. The second-order valence-electron chi connectivity index (χ2n) is 5.61. The van der Waals surface area contributed by atoms with Gasteiger partial charge in [0.05, 0.1) is 17.3 Å². The Labute approximate surface area is 132 Å². The molecule has 2 aromatic heterocycles. The van der Waals surface area contributed by atoms with E-state index < -0.39 is 0 Å². The van der Waals surface area contributed by atoms with Gasteiger partial charge in [0.2, 0.25) is 0 Å². The first kappa shape index (κ1) is 14.6. The van der Waals surface area contributed by atoms with Crippen molar-refractivity contribution in [2.45, 2.75) is 39.3 Å². The Bertz CT molecular complexity index is 705. The zero-order valence-corrected chi connectivity index (χ0v) is 13.7. The predicted molar refractivity (Wildman–Crippen MR) is 87.3 cm³/mol. The lowest BCUT2D eigenvalue weighted by Gasteiger charge is -2.15. The van der Waals surface area contributed by atoms with Gasteiger partial charge in [-0.05, 0) is 44.7 Å². The molecule has 6 heteroatoms. The van der Waals surface area contributed by atoms with Crippen LogP contribution in [-0.4, -0.2) is 9.78 Å². The first-order chi connectivity index (χ1) is 10.0. The third-order valence-corrected chi connectivity index (χ3v) is 5.14. The van der Waals surface area contributed by atoms with Gasteiger partial charge >= 0.3 is 0 Å². The van der Waals surface area contributed by atoms with Crippen LogP contribution in [0.2, 0.25) is 5.02 Å². The molecule has 3 rings (SSSR count). The molecule has 0 aromatic carbocycles. The second-order valence-corrected chi connectivity index (χ2v) is 7.34. The Morgan fingerprint density at radius 2 is 2.29 bits per heavy atom. The molecular formula is C15H18ClN3OS. The van der Waals surface area contributed by atoms with Gasteiger partial charge in [-0.25, -0.2) is 4.68 Å². The zero-order chi connectivity index (χ0) is 15.0. The van der Waals surface area contributed by atoms with Crippen LogP contribution < -0.4 is 10.9 Å². The Hall–Kier alpha value is -1.33. The average molecular weight is 324 g/mol. The summed E-state index contributed by atoms with van der Waals surface area (Å²) < 4.78 is 1.53. The number of hydrogen-bond donors (Lipinski definition) is 1. The Morgan fingerprint density at radius 3 is 2.90 bits per heavy atom. The van der Waals surface area contributed by atoms with Crippen LogP contribution in [0.5, 0.6) is 0 Å². The van der Waals surface area contributed by atoms with Gasteiger partial charge in [-0.15, -0.1) is 11.3 Å². The van der Waals surface area contributed by atoms with Crippen LogP contribution >= 0.6 is 22.9 Å². The SMILES string of the molecule is Cc1ccc(C(C)Nc2c(Cl)cnn(CC3CC3)c2=O)s1. The molecule has 0 spiro atoms. The van der Waals surface area contributed by atoms with Gasteiger partial charge in [0.1, 0.15) is 5.69 Å². The minimum absolute atomic E-state index is 0.0469. The smallest absolute Gasteiger partial charge is 0.291 e. The van der Waals surface area contributed by atoms with Crippen LogP contribution in [0.25, 0.3) is 0 Å². The molecule has 0 radical (unpaired) electrons. The molecule has 21 heavy (non-hydrogen) atoms. The molecule has 1 aliphatic rings. The van der Waals surface area contributed by atoms with E-state index in [0.29, 0.717) is 23.2 Å². The van der Waals surface area contributed by atoms with E-state index >= 15 is 0 Å². The van der Waals surface area contributed by atoms with E-state index in [4.69, 9.17) is 11.6 Å². The molecule has 1 unspecified atom stereocenters. The largest absolute Gasteiger partial charge is 0.372 e. The number of anilines is 1. The summed E-state index contributed by atoms with van der Waals surface area (Å²) in [6.07, 6.45) is 3.93. The van der Waals surface area contributed by atoms with Crippen molar-refractivity contribution in [1.29, 1.82) is 0 Å². The standard InChI is InChI=1S/C15H18ClN3OS/c1-9-3-6-13(21-9)10(2)18-14-12(16)7-17-19(15(14)20)8-11-4-5-11/h3,6-7,10-11,18H,4-5,8H2,1-2H3. The van der Waals surface area contributed by atoms with Crippen LogP contribution in [0.1, 0.15) is 35.6 Å². The molecule has 1 saturated carbocycles. The summed E-state index contributed by atoms with van der Waals surface area (Å²) in [6.45, 7) is 4.80. The van der Waals surface area contributed by atoms with E-state index in [1.807, 2.05) is 6.92 Å². The van der Waals surface area contributed by atoms with E-state index in [2.05, 4.69) is 29.5 Å². The fourth-order valence-corrected chi connectivity index (χ4v) is 3.31. The summed E-state index contributed by atoms with van der Waals surface area (Å²) >= 11 is 7.88. The van der Waals surface area contributed by atoms with Gasteiger partial charge < -0.3 is 5.32 Å². The van der Waals surface area contributed by atoms with Crippen molar-refractivity contribution < 1.29 is 0 Å². The van der Waals surface area contributed by atoms with Gasteiger partial charge in [0.15, 0.2) is 0 Å². The van der Waals surface area contributed by atoms with Gasteiger partial charge in [-0.1, -0.05) is 11.6 Å². The fraction of sp³-hybridized carbons (Fsp3) is 0.467. The second kappa shape index (κ2) is 5.81. The van der Waals surface area contributed by atoms with Crippen molar-refractivity contribution in [3.05, 3.63) is 43.5 Å². The third kappa shape index (κ3) is 3.30. The topological polar surface area (TPSA) is 46.9 Å². The van der Waals surface area contributed by atoms with Crippen molar-refractivity contribution >= 4 is 28.6 Å². The third-order valence-electron chi connectivity index (χ3n) is 3.67. The van der Waals surface area contributed by atoms with Crippen LogP contribution in [-0.2, 0) is 6.54 Å². The Balaban J connectivity index is 1.85. The summed E-state index contributed by atoms with van der Waals surface area (Å²) in [6, 6.07) is 4.21. The summed E-state index contributed by atoms with van der Waals surface area (Å²) in [7, 11) is 0. The lowest BCUT2D eigenvalue weighted by molar-refractivity contribution is 0.534. The highest BCUT2D eigenvalue weighted by Crippen LogP contribution is 2.30. The monoisotopic (exact) mass is 323 g/mol. The molecule has 0 saturated heterocycles. The molecule has 112 valence electrons. The lowest BCUT2D eigenvalue weighted by Crippen LogP contribution is -2.27. The van der Waals surface area contributed by atoms with E-state index in [1.54, 1.807) is 17.5 Å². The maximum atomic E-state index is 12.5. The number of aryl methyl sites for hydroxylation is 1. The Morgan fingerprint density at radius 1 is 1.52 bits per heavy atom. The van der Waals surface area contributed by atoms with Crippen molar-refractivity contribution in [2.24, 2.45) is 5.92 Å². The number of nitrogens with zero attached hydrogens (tertiary/aromatic N) is 2. The fourth-order valence-electron chi connectivity index (χ4n) is 2.25. The van der Waals surface area contributed by atoms with Crippen LogP contribution in [0.15, 0.2) is 23.1 Å². The maximum absolute atomic E-state index is 12.5. The predicted octanol–water partition coefficient (Wildman–Crippen LogP) is 3.85. The summed E-state index contributed by atoms with van der Waals surface area (Å²) in [4.78, 5) is 14.9. The average Bonchev–Trinajstić information content (AvgIpc) is 3.17. The molecule has 1 atom stereocenters. The number of hydrogen-bond acceptors (Lipinski definition) is 4. The van der Waals surface area contributed by atoms with Gasteiger partial charge in [0, 0.05) is 16.3 Å². The number of thiophene rings is 1. The minimum Gasteiger partial charge on any atom is -0.372 e. The van der Waals surface area contributed by atoms with Crippen molar-refractivity contribution in [1.82, 2.24) is 9.78 Å². The lowest BCUT2D eigenvalue weighted by atomic mass is 10.2. The van der Waals surface area contributed by atoms with Crippen molar-refractivity contribution in [3.63, 3.8) is 0 Å². The molecule has 2 heterocycles. The van der Waals surface area contributed by atoms with Gasteiger partial charge in [-0.2, -0.15) is 5.10 Å². The van der Waals surface area contributed by atoms with E-state index in [1.165, 1.54) is 27.3 Å². The molecule has 1 fully saturated rings. The molecule has 0 amide bonds. The summed E-state index contributed by atoms with van der Waals surface area (Å²) in [5, 5.41) is 7.77. The van der Waals surface area contributed by atoms with E-state index in [0.717, 1.165) is 0 Å². The van der Waals surface area contributed by atoms with Gasteiger partial charge in [-0.3, -0.25) is 4.79 Å². The normalized spacial score (nSPS) is 16.0. The number of aromatic nitrogens is 2. The van der Waals surface area contributed by atoms with E-state index in [-0.39, 0.29) is 11.6 Å². The maximum Gasteiger partial charge on any atom is 0.291 e. The van der Waals surface area contributed by atoms with Gasteiger partial charge in [0.25, 0.3) is 5.56 Å². The molecule has 0 bridgehead atoms. The first-order valence-corrected chi connectivity index (χ1v) is 8.32. The number of halogens is 1. The van der Waals surface area contributed by atoms with Crippen LogP contribution in [0.4, 0.5) is 5.69 Å². The van der Waals surface area contributed by atoms with E-state index in [9.17, 15) is 4.79 Å². The van der Waals surface area contributed by atoms with Crippen LogP contribution in [0.3, 0.4) is 0 Å². The molecule has 0 aliphatic heterocycles. The van der Waals surface area contributed by atoms with Crippen LogP contribution in [0, 0.1) is 12.8 Å². The summed E-state index contributed by atoms with van der Waals surface area (Å²) in [5.74, 6) is 0.599. The number of nitrogens with one attached hydrogen (secondary N) is 1. The summed E-state index contributed by atoms with van der Waals surface area (Å²) in [5.41, 5.74) is 0.320. The molecule has 2 aromatic rings. The Kier molecular flexibility index (Phi) is 4.04. The highest BCUT2D eigenvalue weighted by atomic mass is 35.5. The van der Waals surface area contributed by atoms with Crippen molar-refractivity contribution in [3.8, 4) is 0 Å². The highest BCUT2D eigenvalue weighted by Gasteiger charge is 2.24. The minimum atomic E-state index is -0.130. The molecule has 1 N–H and O–H groups in total. The molecular weight excluding hydrogens is 306 g/mol. The number of rotatable bonds is 5. The van der Waals surface area contributed by atoms with Crippen molar-refractivity contribution in [2.75, 3.05) is 5.32 Å². The first-order valence-electron chi connectivity index (χ1n) is 7.13. The molecule has 4 nitrogen and oxygen atoms in total. The molecule has 1 aliphatic carbocycles. The quantitative estimate of drug-likeness (QED) is 0.909. The zero-order valence-electron chi connectivity index (χ0n) is 12.1.